The molecule has 5 heteroatoms. The monoisotopic (exact) mass is 192 g/mol. The SMILES string of the molecule is CC1NCCCC1NC(=O)C(F)F. The molecule has 13 heavy (non-hydrogen) atoms. The first kappa shape index (κ1) is 10.4. The maximum Gasteiger partial charge on any atom is 0.315 e. The van der Waals surface area contributed by atoms with E-state index in [-0.39, 0.29) is 12.1 Å². The zero-order chi connectivity index (χ0) is 9.84. The molecule has 2 unspecified atom stereocenters. The van der Waals surface area contributed by atoms with Gasteiger partial charge in [-0.2, -0.15) is 8.78 Å². The molecule has 0 bridgehead atoms. The average molecular weight is 192 g/mol. The zero-order valence-corrected chi connectivity index (χ0v) is 7.52. The second-order valence-corrected chi connectivity index (χ2v) is 3.30. The van der Waals surface area contributed by atoms with Gasteiger partial charge < -0.3 is 10.6 Å². The lowest BCUT2D eigenvalue weighted by Gasteiger charge is -2.30. The van der Waals surface area contributed by atoms with Crippen molar-refractivity contribution in [2.75, 3.05) is 6.54 Å². The van der Waals surface area contributed by atoms with E-state index in [0.29, 0.717) is 0 Å². The van der Waals surface area contributed by atoms with Gasteiger partial charge in [-0.3, -0.25) is 4.79 Å². The second kappa shape index (κ2) is 4.50. The molecule has 0 aromatic rings. The molecule has 1 aliphatic heterocycles. The maximum absolute atomic E-state index is 11.9. The molecule has 2 atom stereocenters. The highest BCUT2D eigenvalue weighted by atomic mass is 19.3. The normalized spacial score (nSPS) is 28.9. The molecule has 1 rings (SSSR count). The first-order valence-corrected chi connectivity index (χ1v) is 4.43. The maximum atomic E-state index is 11.9. The van der Waals surface area contributed by atoms with E-state index in [1.807, 2.05) is 6.92 Å². The summed E-state index contributed by atoms with van der Waals surface area (Å²) in [7, 11) is 0. The third-order valence-electron chi connectivity index (χ3n) is 2.29. The number of hydrogen-bond acceptors (Lipinski definition) is 2. The van der Waals surface area contributed by atoms with Crippen LogP contribution in [0.15, 0.2) is 0 Å². The number of carbonyl (C=O) groups is 1. The van der Waals surface area contributed by atoms with Crippen molar-refractivity contribution in [1.82, 2.24) is 10.6 Å². The van der Waals surface area contributed by atoms with Crippen LogP contribution in [0.3, 0.4) is 0 Å². The molecular formula is C8H14F2N2O. The van der Waals surface area contributed by atoms with Crippen molar-refractivity contribution in [2.24, 2.45) is 0 Å². The number of nitrogens with one attached hydrogen (secondary N) is 2. The summed E-state index contributed by atoms with van der Waals surface area (Å²) in [5, 5.41) is 5.43. The summed E-state index contributed by atoms with van der Waals surface area (Å²) in [4.78, 5) is 10.7. The summed E-state index contributed by atoms with van der Waals surface area (Å²) in [6, 6.07) is -0.0771. The van der Waals surface area contributed by atoms with Gasteiger partial charge in [0.25, 0.3) is 5.91 Å². The van der Waals surface area contributed by atoms with Crippen molar-refractivity contribution in [3.63, 3.8) is 0 Å². The summed E-state index contributed by atoms with van der Waals surface area (Å²) in [6.45, 7) is 2.78. The average Bonchev–Trinajstić information content (AvgIpc) is 2.08. The van der Waals surface area contributed by atoms with Crippen molar-refractivity contribution in [3.8, 4) is 0 Å². The Bertz CT molecular complexity index is 187. The number of alkyl halides is 2. The van der Waals surface area contributed by atoms with Crippen molar-refractivity contribution in [3.05, 3.63) is 0 Å². The highest BCUT2D eigenvalue weighted by Crippen LogP contribution is 2.08. The lowest BCUT2D eigenvalue weighted by molar-refractivity contribution is -0.132. The van der Waals surface area contributed by atoms with Gasteiger partial charge in [0.2, 0.25) is 0 Å². The van der Waals surface area contributed by atoms with Gasteiger partial charge in [0.1, 0.15) is 0 Å². The largest absolute Gasteiger partial charge is 0.347 e. The minimum atomic E-state index is -2.91. The zero-order valence-electron chi connectivity index (χ0n) is 7.52. The summed E-state index contributed by atoms with van der Waals surface area (Å²) in [5.74, 6) is -1.17. The fourth-order valence-corrected chi connectivity index (χ4v) is 1.49. The second-order valence-electron chi connectivity index (χ2n) is 3.30. The van der Waals surface area contributed by atoms with Crippen LogP contribution < -0.4 is 10.6 Å². The van der Waals surface area contributed by atoms with Crippen LogP contribution in [0.25, 0.3) is 0 Å². The van der Waals surface area contributed by atoms with Gasteiger partial charge in [0.05, 0.1) is 0 Å². The molecule has 0 radical (unpaired) electrons. The van der Waals surface area contributed by atoms with E-state index < -0.39 is 12.3 Å². The van der Waals surface area contributed by atoms with Crippen molar-refractivity contribution >= 4 is 5.91 Å². The number of piperidine rings is 1. The van der Waals surface area contributed by atoms with E-state index in [2.05, 4.69) is 10.6 Å². The van der Waals surface area contributed by atoms with Gasteiger partial charge in [-0.1, -0.05) is 0 Å². The fraction of sp³-hybridized carbons (Fsp3) is 0.875. The summed E-state index contributed by atoms with van der Waals surface area (Å²) < 4.78 is 23.8. The van der Waals surface area contributed by atoms with Gasteiger partial charge in [0, 0.05) is 12.1 Å². The summed E-state index contributed by atoms with van der Waals surface area (Å²) >= 11 is 0. The Labute approximate surface area is 75.9 Å². The highest BCUT2D eigenvalue weighted by molar-refractivity contribution is 5.79. The molecule has 2 N–H and O–H groups in total. The third kappa shape index (κ3) is 2.91. The quantitative estimate of drug-likeness (QED) is 0.669. The molecule has 1 heterocycles. The Morgan fingerprint density at radius 3 is 2.85 bits per heavy atom. The molecule has 0 aliphatic carbocycles. The van der Waals surface area contributed by atoms with Crippen LogP contribution in [0.1, 0.15) is 19.8 Å². The first-order valence-electron chi connectivity index (χ1n) is 4.43. The van der Waals surface area contributed by atoms with Gasteiger partial charge in [-0.25, -0.2) is 0 Å². The van der Waals surface area contributed by atoms with Gasteiger partial charge in [0.15, 0.2) is 0 Å². The predicted molar refractivity (Wildman–Crippen MR) is 44.6 cm³/mol. The molecule has 0 aromatic carbocycles. The van der Waals surface area contributed by atoms with Crippen LogP contribution in [0.2, 0.25) is 0 Å². The molecule has 1 fully saturated rings. The van der Waals surface area contributed by atoms with E-state index in [1.54, 1.807) is 0 Å². The standard InChI is InChI=1S/C8H14F2N2O/c1-5-6(3-2-4-11-5)12-8(13)7(9)10/h5-7,11H,2-4H2,1H3,(H,12,13). The van der Waals surface area contributed by atoms with Crippen molar-refractivity contribution in [2.45, 2.75) is 38.3 Å². The molecule has 76 valence electrons. The van der Waals surface area contributed by atoms with Crippen LogP contribution in [-0.2, 0) is 4.79 Å². The van der Waals surface area contributed by atoms with Crippen LogP contribution in [0.4, 0.5) is 8.78 Å². The number of carbonyl (C=O) groups excluding carboxylic acids is 1. The molecule has 0 aromatic heterocycles. The van der Waals surface area contributed by atoms with Crippen LogP contribution in [-0.4, -0.2) is 31.0 Å². The smallest absolute Gasteiger partial charge is 0.315 e. The number of hydrogen-bond donors (Lipinski definition) is 2. The van der Waals surface area contributed by atoms with Crippen molar-refractivity contribution < 1.29 is 13.6 Å². The molecule has 1 saturated heterocycles. The molecule has 0 spiro atoms. The Morgan fingerprint density at radius 1 is 1.62 bits per heavy atom. The van der Waals surface area contributed by atoms with E-state index in [1.165, 1.54) is 0 Å². The van der Waals surface area contributed by atoms with E-state index >= 15 is 0 Å². The Kier molecular flexibility index (Phi) is 3.59. The van der Waals surface area contributed by atoms with Gasteiger partial charge in [-0.15, -0.1) is 0 Å². The molecule has 1 aliphatic rings. The Balaban J connectivity index is 2.38. The Morgan fingerprint density at radius 2 is 2.31 bits per heavy atom. The number of amides is 1. The summed E-state index contributed by atoms with van der Waals surface area (Å²) in [5.41, 5.74) is 0. The predicted octanol–water partition coefficient (Wildman–Crippen LogP) is 0.508. The Hall–Kier alpha value is -0.710. The van der Waals surface area contributed by atoms with Crippen LogP contribution in [0.5, 0.6) is 0 Å². The summed E-state index contributed by atoms with van der Waals surface area (Å²) in [6.07, 6.45) is -1.22. The van der Waals surface area contributed by atoms with Crippen molar-refractivity contribution in [1.29, 1.82) is 0 Å². The van der Waals surface area contributed by atoms with Crippen LogP contribution >= 0.6 is 0 Å². The minimum Gasteiger partial charge on any atom is -0.347 e. The third-order valence-corrected chi connectivity index (χ3v) is 2.29. The minimum absolute atomic E-state index is 0.0800. The first-order chi connectivity index (χ1) is 6.11. The van der Waals surface area contributed by atoms with Gasteiger partial charge >= 0.3 is 6.43 Å². The number of halogens is 2. The molecule has 1 amide bonds. The lowest BCUT2D eigenvalue weighted by atomic mass is 10.00. The fourth-order valence-electron chi connectivity index (χ4n) is 1.49. The highest BCUT2D eigenvalue weighted by Gasteiger charge is 2.25. The van der Waals surface area contributed by atoms with E-state index in [4.69, 9.17) is 0 Å². The topological polar surface area (TPSA) is 41.1 Å². The molecule has 3 nitrogen and oxygen atoms in total. The van der Waals surface area contributed by atoms with E-state index in [9.17, 15) is 13.6 Å². The van der Waals surface area contributed by atoms with Crippen LogP contribution in [0, 0.1) is 0 Å². The number of rotatable bonds is 2. The molecular weight excluding hydrogens is 178 g/mol. The lowest BCUT2D eigenvalue weighted by Crippen LogP contribution is -2.53. The van der Waals surface area contributed by atoms with Gasteiger partial charge in [-0.05, 0) is 26.3 Å². The molecule has 0 saturated carbocycles. The van der Waals surface area contributed by atoms with E-state index in [0.717, 1.165) is 19.4 Å².